The van der Waals surface area contributed by atoms with Crippen molar-refractivity contribution in [1.29, 1.82) is 0 Å². The standard InChI is InChI=1S/C18H23F2N7/c1-21-17-24-16(10-5-6-11-9-23-27-14(11)7-10)25-18(26-17)22-8-12-3-2-4-13(19)15(12)20/h2-4,10-11,14,23,27H,5-9H2,1H3,(H2,21,22,24,25,26). The first-order valence-corrected chi connectivity index (χ1v) is 9.23. The van der Waals surface area contributed by atoms with Gasteiger partial charge in [-0.15, -0.1) is 0 Å². The van der Waals surface area contributed by atoms with Gasteiger partial charge in [0.05, 0.1) is 0 Å². The van der Waals surface area contributed by atoms with Gasteiger partial charge in [0, 0.05) is 37.7 Å². The number of hydrazine groups is 1. The summed E-state index contributed by atoms with van der Waals surface area (Å²) in [6, 6.07) is 4.54. The minimum atomic E-state index is -0.865. The number of halogens is 2. The van der Waals surface area contributed by atoms with Crippen LogP contribution in [0.1, 0.15) is 36.6 Å². The average molecular weight is 375 g/mol. The van der Waals surface area contributed by atoms with Crippen LogP contribution >= 0.6 is 0 Å². The lowest BCUT2D eigenvalue weighted by Crippen LogP contribution is -2.36. The number of fused-ring (bicyclic) bond motifs is 1. The summed E-state index contributed by atoms with van der Waals surface area (Å²) in [6.45, 7) is 1.10. The zero-order valence-electron chi connectivity index (χ0n) is 15.1. The second-order valence-corrected chi connectivity index (χ2v) is 7.06. The molecule has 1 aliphatic heterocycles. The van der Waals surface area contributed by atoms with E-state index in [0.717, 1.165) is 37.7 Å². The van der Waals surface area contributed by atoms with Crippen LogP contribution in [0.15, 0.2) is 18.2 Å². The SMILES string of the molecule is CNc1nc(NCc2cccc(F)c2F)nc(C2CCC3CNNC3C2)n1. The van der Waals surface area contributed by atoms with Crippen molar-refractivity contribution in [2.75, 3.05) is 24.2 Å². The van der Waals surface area contributed by atoms with Crippen molar-refractivity contribution in [3.63, 3.8) is 0 Å². The predicted molar refractivity (Wildman–Crippen MR) is 98.1 cm³/mol. The van der Waals surface area contributed by atoms with Crippen molar-refractivity contribution in [2.24, 2.45) is 5.92 Å². The third-order valence-corrected chi connectivity index (χ3v) is 5.36. The molecule has 2 aliphatic rings. The first-order valence-electron chi connectivity index (χ1n) is 9.23. The molecule has 0 bridgehead atoms. The number of benzene rings is 1. The van der Waals surface area contributed by atoms with Crippen LogP contribution in [-0.4, -0.2) is 34.6 Å². The first-order chi connectivity index (χ1) is 13.1. The van der Waals surface area contributed by atoms with Gasteiger partial charge in [0.25, 0.3) is 0 Å². The molecule has 3 unspecified atom stereocenters. The molecule has 0 radical (unpaired) electrons. The van der Waals surface area contributed by atoms with Gasteiger partial charge in [-0.1, -0.05) is 12.1 Å². The molecule has 2 aromatic rings. The molecular formula is C18H23F2N7. The van der Waals surface area contributed by atoms with E-state index in [0.29, 0.717) is 23.9 Å². The molecule has 2 fully saturated rings. The van der Waals surface area contributed by atoms with Gasteiger partial charge in [0.2, 0.25) is 11.9 Å². The Bertz CT molecular complexity index is 816. The van der Waals surface area contributed by atoms with Gasteiger partial charge < -0.3 is 10.6 Å². The van der Waals surface area contributed by atoms with Crippen LogP contribution in [0.3, 0.4) is 0 Å². The van der Waals surface area contributed by atoms with Gasteiger partial charge in [-0.05, 0) is 31.2 Å². The molecule has 2 heterocycles. The van der Waals surface area contributed by atoms with E-state index >= 15 is 0 Å². The Morgan fingerprint density at radius 1 is 1.15 bits per heavy atom. The molecular weight excluding hydrogens is 352 g/mol. The largest absolute Gasteiger partial charge is 0.357 e. The second-order valence-electron chi connectivity index (χ2n) is 7.06. The third-order valence-electron chi connectivity index (χ3n) is 5.36. The number of nitrogens with one attached hydrogen (secondary N) is 4. The summed E-state index contributed by atoms with van der Waals surface area (Å²) in [7, 11) is 1.74. The molecule has 3 atom stereocenters. The highest BCUT2D eigenvalue weighted by molar-refractivity contribution is 5.36. The number of aromatic nitrogens is 3. The quantitative estimate of drug-likeness (QED) is 0.637. The molecule has 9 heteroatoms. The van der Waals surface area contributed by atoms with Crippen LogP contribution in [0.2, 0.25) is 0 Å². The van der Waals surface area contributed by atoms with Crippen LogP contribution in [0.25, 0.3) is 0 Å². The molecule has 1 aliphatic carbocycles. The minimum absolute atomic E-state index is 0.0943. The van der Waals surface area contributed by atoms with Gasteiger partial charge in [-0.3, -0.25) is 10.9 Å². The van der Waals surface area contributed by atoms with E-state index in [1.165, 1.54) is 12.1 Å². The van der Waals surface area contributed by atoms with Crippen LogP contribution in [0, 0.1) is 17.6 Å². The molecule has 4 N–H and O–H groups in total. The summed E-state index contributed by atoms with van der Waals surface area (Å²) >= 11 is 0. The highest BCUT2D eigenvalue weighted by atomic mass is 19.2. The summed E-state index contributed by atoms with van der Waals surface area (Å²) in [5.74, 6) is 0.709. The molecule has 1 aromatic carbocycles. The summed E-state index contributed by atoms with van der Waals surface area (Å²) in [4.78, 5) is 13.4. The van der Waals surface area contributed by atoms with Crippen molar-refractivity contribution in [3.8, 4) is 0 Å². The van der Waals surface area contributed by atoms with Crippen LogP contribution in [-0.2, 0) is 6.54 Å². The number of hydrogen-bond donors (Lipinski definition) is 4. The van der Waals surface area contributed by atoms with Crippen LogP contribution in [0.5, 0.6) is 0 Å². The smallest absolute Gasteiger partial charge is 0.228 e. The van der Waals surface area contributed by atoms with E-state index < -0.39 is 11.6 Å². The van der Waals surface area contributed by atoms with Crippen molar-refractivity contribution in [1.82, 2.24) is 25.8 Å². The predicted octanol–water partition coefficient (Wildman–Crippen LogP) is 2.16. The Balaban J connectivity index is 1.51. The lowest BCUT2D eigenvalue weighted by Gasteiger charge is -2.30. The monoisotopic (exact) mass is 375 g/mol. The lowest BCUT2D eigenvalue weighted by molar-refractivity contribution is 0.296. The minimum Gasteiger partial charge on any atom is -0.357 e. The van der Waals surface area contributed by atoms with Crippen LogP contribution < -0.4 is 21.5 Å². The first kappa shape index (κ1) is 18.0. The number of anilines is 2. The fourth-order valence-corrected chi connectivity index (χ4v) is 3.84. The van der Waals surface area contributed by atoms with E-state index in [1.54, 1.807) is 7.05 Å². The van der Waals surface area contributed by atoms with E-state index in [1.807, 2.05) is 0 Å². The summed E-state index contributed by atoms with van der Waals surface area (Å²) < 4.78 is 27.2. The molecule has 0 spiro atoms. The second kappa shape index (κ2) is 7.69. The number of hydrogen-bond acceptors (Lipinski definition) is 7. The van der Waals surface area contributed by atoms with E-state index in [4.69, 9.17) is 0 Å². The fourth-order valence-electron chi connectivity index (χ4n) is 3.84. The maximum atomic E-state index is 13.9. The van der Waals surface area contributed by atoms with E-state index in [9.17, 15) is 8.78 Å². The highest BCUT2D eigenvalue weighted by Gasteiger charge is 2.35. The van der Waals surface area contributed by atoms with Gasteiger partial charge in [-0.25, -0.2) is 8.78 Å². The topological polar surface area (TPSA) is 86.8 Å². The highest BCUT2D eigenvalue weighted by Crippen LogP contribution is 2.36. The molecule has 1 aromatic heterocycles. The van der Waals surface area contributed by atoms with Crippen molar-refractivity contribution < 1.29 is 8.78 Å². The Labute approximate surface area is 156 Å². The Morgan fingerprint density at radius 3 is 2.85 bits per heavy atom. The Hall–Kier alpha value is -2.39. The lowest BCUT2D eigenvalue weighted by atomic mass is 9.79. The van der Waals surface area contributed by atoms with Gasteiger partial charge in [0.15, 0.2) is 11.6 Å². The third kappa shape index (κ3) is 3.84. The Kier molecular flexibility index (Phi) is 5.13. The number of nitrogens with zero attached hydrogens (tertiary/aromatic N) is 3. The Morgan fingerprint density at radius 2 is 2.00 bits per heavy atom. The normalized spacial score (nSPS) is 24.5. The molecule has 1 saturated carbocycles. The summed E-state index contributed by atoms with van der Waals surface area (Å²) in [5, 5.41) is 5.94. The molecule has 7 nitrogen and oxygen atoms in total. The molecule has 27 heavy (non-hydrogen) atoms. The zero-order chi connectivity index (χ0) is 18.8. The number of rotatable bonds is 5. The zero-order valence-corrected chi connectivity index (χ0v) is 15.1. The molecule has 4 rings (SSSR count). The van der Waals surface area contributed by atoms with E-state index in [2.05, 4.69) is 36.4 Å². The molecule has 0 amide bonds. The van der Waals surface area contributed by atoms with E-state index in [-0.39, 0.29) is 18.0 Å². The summed E-state index contributed by atoms with van der Waals surface area (Å²) in [5.41, 5.74) is 6.78. The maximum Gasteiger partial charge on any atom is 0.228 e. The van der Waals surface area contributed by atoms with Crippen molar-refractivity contribution in [2.45, 2.75) is 37.8 Å². The van der Waals surface area contributed by atoms with Crippen LogP contribution in [0.4, 0.5) is 20.7 Å². The fraction of sp³-hybridized carbons (Fsp3) is 0.500. The van der Waals surface area contributed by atoms with Crippen molar-refractivity contribution >= 4 is 11.9 Å². The molecule has 144 valence electrons. The molecule has 1 saturated heterocycles. The maximum absolute atomic E-state index is 13.9. The average Bonchev–Trinajstić information content (AvgIpc) is 3.16. The van der Waals surface area contributed by atoms with Gasteiger partial charge in [0.1, 0.15) is 5.82 Å². The van der Waals surface area contributed by atoms with Crippen molar-refractivity contribution in [3.05, 3.63) is 41.2 Å². The van der Waals surface area contributed by atoms with Gasteiger partial charge >= 0.3 is 0 Å². The summed E-state index contributed by atoms with van der Waals surface area (Å²) in [6.07, 6.45) is 3.10. The van der Waals surface area contributed by atoms with Gasteiger partial charge in [-0.2, -0.15) is 15.0 Å².